The highest BCUT2D eigenvalue weighted by molar-refractivity contribution is 7.98. The van der Waals surface area contributed by atoms with Crippen LogP contribution in [-0.2, 0) is 77.5 Å². The number of hydrogen-bond acceptors (Lipinski definition) is 18. The topological polar surface area (TPSA) is 204 Å². The van der Waals surface area contributed by atoms with Gasteiger partial charge in [-0.1, -0.05) is 201 Å². The van der Waals surface area contributed by atoms with Crippen molar-refractivity contribution in [2.45, 2.75) is 121 Å². The third kappa shape index (κ3) is 16.1. The maximum absolute atomic E-state index is 7.57. The van der Waals surface area contributed by atoms with Gasteiger partial charge in [0, 0.05) is 20.7 Å². The first-order chi connectivity index (χ1) is 43.7. The van der Waals surface area contributed by atoms with Crippen molar-refractivity contribution in [2.24, 2.45) is 0 Å². The number of nitrogens with one attached hydrogen (secondary N) is 2. The molecule has 0 aliphatic carbocycles. The molecule has 0 amide bonds. The molecule has 19 nitrogen and oxygen atoms in total. The molecule has 6 heterocycles. The highest BCUT2D eigenvalue weighted by Gasteiger charge is 2.59. The van der Waals surface area contributed by atoms with Crippen LogP contribution in [0.1, 0.15) is 85.2 Å². The van der Waals surface area contributed by atoms with Gasteiger partial charge in [0.1, 0.15) is 54.2 Å². The summed E-state index contributed by atoms with van der Waals surface area (Å²) < 4.78 is 56.8. The van der Waals surface area contributed by atoms with Crippen molar-refractivity contribution in [2.75, 3.05) is 50.8 Å². The summed E-state index contributed by atoms with van der Waals surface area (Å²) >= 11 is 1.46. The van der Waals surface area contributed by atoms with Crippen molar-refractivity contribution in [1.82, 2.24) is 39.2 Å². The third-order valence-corrected chi connectivity index (χ3v) is 16.0. The molecule has 0 saturated carbocycles. The van der Waals surface area contributed by atoms with E-state index in [9.17, 15) is 0 Å². The van der Waals surface area contributed by atoms with Gasteiger partial charge in [0.15, 0.2) is 22.9 Å². The summed E-state index contributed by atoms with van der Waals surface area (Å²) in [4.78, 5) is 18.2. The predicted octanol–water partition coefficient (Wildman–Crippen LogP) is 12.1. The van der Waals surface area contributed by atoms with Crippen LogP contribution in [-0.4, -0.2) is 120 Å². The van der Waals surface area contributed by atoms with Gasteiger partial charge in [-0.3, -0.25) is 0 Å². The summed E-state index contributed by atoms with van der Waals surface area (Å²) in [5.41, 5.74) is 7.31. The summed E-state index contributed by atoms with van der Waals surface area (Å²) in [6, 6.07) is 60.7. The van der Waals surface area contributed by atoms with Gasteiger partial charge in [-0.05, 0) is 60.4 Å². The Kier molecular flexibility index (Phi) is 24.1. The van der Waals surface area contributed by atoms with Crippen LogP contribution in [0.2, 0.25) is 0 Å². The molecule has 0 spiro atoms. The van der Waals surface area contributed by atoms with Crippen LogP contribution in [0, 0.1) is 0 Å². The number of aliphatic hydroxyl groups excluding tert-OH is 1. The second-order valence-electron chi connectivity index (χ2n) is 21.7. The van der Waals surface area contributed by atoms with E-state index in [2.05, 4.69) is 98.3 Å². The smallest absolute Gasteiger partial charge is 0.209 e. The number of rotatable bonds is 25. The van der Waals surface area contributed by atoms with Crippen molar-refractivity contribution in [3.05, 3.63) is 245 Å². The number of fused-ring (bicyclic) bond motifs is 2. The van der Waals surface area contributed by atoms with Gasteiger partial charge >= 0.3 is 0 Å². The molecule has 3 N–H and O–H groups in total. The van der Waals surface area contributed by atoms with E-state index in [0.717, 1.165) is 44.8 Å². The molecular weight excluding hydrogens is 1160 g/mol. The Morgan fingerprint density at radius 2 is 0.867 bits per heavy atom. The van der Waals surface area contributed by atoms with Gasteiger partial charge < -0.3 is 53.6 Å². The molecule has 0 unspecified atom stereocenters. The molecule has 20 heteroatoms. The maximum Gasteiger partial charge on any atom is 0.209 e. The SMILES string of the molecule is C.CCO.CNc1nc(SC)nn2c([C@@H]3O[C@H](COCc4ccccc4)[C@@H](OCc4ccccc4)[C@@]3(C)OCc3ccccc3)cnc12.CNc1ncnn2c([C@@H]3O[C@H](COCc4ccccc4)[C@@H](OCc4ccccc4)[C@@]3(C)OCc3ccccc3)cnc12. The second-order valence-corrected chi connectivity index (χ2v) is 22.4. The molecule has 2 saturated heterocycles. The first-order valence-corrected chi connectivity index (χ1v) is 31.0. The van der Waals surface area contributed by atoms with Crippen LogP contribution in [0.5, 0.6) is 0 Å². The van der Waals surface area contributed by atoms with Gasteiger partial charge in [-0.25, -0.2) is 24.0 Å². The maximum atomic E-state index is 7.57. The number of aliphatic hydroxyl groups is 1. The third-order valence-electron chi connectivity index (χ3n) is 15.5. The first kappa shape index (κ1) is 66.4. The van der Waals surface area contributed by atoms with E-state index >= 15 is 0 Å². The van der Waals surface area contributed by atoms with E-state index < -0.39 is 47.8 Å². The number of hydrogen-bond donors (Lipinski definition) is 3. The summed E-state index contributed by atoms with van der Waals surface area (Å²) in [7, 11) is 3.64. The van der Waals surface area contributed by atoms with E-state index in [1.54, 1.807) is 28.3 Å². The monoisotopic (exact) mass is 1240 g/mol. The van der Waals surface area contributed by atoms with Gasteiger partial charge in [0.2, 0.25) is 5.16 Å². The number of imidazole rings is 2. The van der Waals surface area contributed by atoms with Crippen LogP contribution in [0.4, 0.5) is 11.6 Å². The largest absolute Gasteiger partial charge is 0.397 e. The minimum absolute atomic E-state index is 0. The molecule has 2 fully saturated rings. The summed E-state index contributed by atoms with van der Waals surface area (Å²) in [5, 5.41) is 23.7. The zero-order valence-electron chi connectivity index (χ0n) is 51.1. The number of ether oxygens (including phenoxy) is 8. The Bertz CT molecular complexity index is 3720. The number of nitrogens with zero attached hydrogens (tertiary/aromatic N) is 8. The highest BCUT2D eigenvalue weighted by atomic mass is 32.2. The van der Waals surface area contributed by atoms with Crippen LogP contribution < -0.4 is 10.6 Å². The Morgan fingerprint density at radius 3 is 1.24 bits per heavy atom. The van der Waals surface area contributed by atoms with Crippen LogP contribution >= 0.6 is 11.8 Å². The first-order valence-electron chi connectivity index (χ1n) is 29.8. The Hall–Kier alpha value is -7.99. The zero-order chi connectivity index (χ0) is 61.8. The summed E-state index contributed by atoms with van der Waals surface area (Å²) in [6.45, 7) is 9.17. The van der Waals surface area contributed by atoms with Crippen LogP contribution in [0.25, 0.3) is 11.3 Å². The standard InChI is InChI=1S/C34H37N5O4S.C33H35N5O4.C2H6O.CH4/c1-34(42-22-26-17-11-6-12-18-26)29(27-19-36-32-31(35-2)37-33(44-3)38-39(27)32)43-28(23-40-20-24-13-7-4-8-14-24)30(34)41-21-25-15-9-5-10-16-25;1-33(41-21-26-16-10-5-11-17-26)29(27-18-35-32-31(34-2)36-23-37-38(27)32)42-28(22-39-19-24-12-6-3-7-13-24)30(33)40-20-25-14-8-4-9-15-25;1-2-3;/h4-19,28-30H,20-23H2,1-3H3,(H,35,37,38);3-18,23,28-30H,19-22H2,1-2H3,(H,34,36,37);3H,2H2,1H3;1H4/t28-,29+,30-,34+;28-,29+,30-,33+;;/m11../s1. The zero-order valence-corrected chi connectivity index (χ0v) is 51.9. The van der Waals surface area contributed by atoms with Gasteiger partial charge in [0.05, 0.1) is 76.6 Å². The fourth-order valence-corrected chi connectivity index (χ4v) is 11.4. The lowest BCUT2D eigenvalue weighted by atomic mass is 9.90. The quantitative estimate of drug-likeness (QED) is 0.0455. The van der Waals surface area contributed by atoms with Crippen molar-refractivity contribution in [3.8, 4) is 0 Å². The summed E-state index contributed by atoms with van der Waals surface area (Å²) in [6.07, 6.45) is 4.13. The number of aromatic nitrogens is 8. The Morgan fingerprint density at radius 1 is 0.511 bits per heavy atom. The van der Waals surface area contributed by atoms with Gasteiger partial charge in [0.25, 0.3) is 0 Å². The second kappa shape index (κ2) is 32.7. The van der Waals surface area contributed by atoms with Gasteiger partial charge in [-0.2, -0.15) is 10.1 Å². The molecule has 6 aromatic carbocycles. The normalized spacial score (nSPS) is 21.0. The highest BCUT2D eigenvalue weighted by Crippen LogP contribution is 2.48. The van der Waals surface area contributed by atoms with Crippen molar-refractivity contribution in [1.29, 1.82) is 0 Å². The fraction of sp³-hybridized carbons (Fsp3) is 0.343. The molecule has 8 atom stereocenters. The van der Waals surface area contributed by atoms with E-state index in [0.29, 0.717) is 80.9 Å². The molecule has 10 aromatic rings. The van der Waals surface area contributed by atoms with E-state index in [1.165, 1.54) is 18.1 Å². The average Bonchev–Trinajstić information content (AvgIpc) is 1.60. The van der Waals surface area contributed by atoms with E-state index in [4.69, 9.17) is 53.1 Å². The number of benzene rings is 6. The van der Waals surface area contributed by atoms with E-state index in [1.807, 2.05) is 149 Å². The van der Waals surface area contributed by atoms with Crippen LogP contribution in [0.3, 0.4) is 0 Å². The Balaban J connectivity index is 0.000000203. The lowest BCUT2D eigenvalue weighted by Crippen LogP contribution is -2.47. The fourth-order valence-electron chi connectivity index (χ4n) is 11.0. The molecule has 12 rings (SSSR count). The molecule has 2 aliphatic heterocycles. The summed E-state index contributed by atoms with van der Waals surface area (Å²) in [5.74, 6) is 1.26. The molecule has 2 aliphatic rings. The molecule has 0 bridgehead atoms. The van der Waals surface area contributed by atoms with Crippen molar-refractivity contribution in [3.63, 3.8) is 0 Å². The number of thioether (sulfide) groups is 1. The van der Waals surface area contributed by atoms with E-state index in [-0.39, 0.29) is 14.0 Å². The van der Waals surface area contributed by atoms with Crippen molar-refractivity contribution < 1.29 is 43.0 Å². The number of anilines is 2. The predicted molar refractivity (Wildman–Crippen MR) is 349 cm³/mol. The van der Waals surface area contributed by atoms with Crippen LogP contribution in [0.15, 0.2) is 206 Å². The minimum atomic E-state index is -0.925. The molecule has 0 radical (unpaired) electrons. The molecule has 90 heavy (non-hydrogen) atoms. The molecule has 472 valence electrons. The van der Waals surface area contributed by atoms with Crippen molar-refractivity contribution >= 4 is 34.7 Å². The lowest BCUT2D eigenvalue weighted by molar-refractivity contribution is -0.148. The molecular formula is C70H82N10O9S. The Labute approximate surface area is 531 Å². The minimum Gasteiger partial charge on any atom is -0.397 e. The van der Waals surface area contributed by atoms with Gasteiger partial charge in [-0.15, -0.1) is 5.10 Å². The molecule has 4 aromatic heterocycles. The average molecular weight is 1240 g/mol. The lowest BCUT2D eigenvalue weighted by Gasteiger charge is -2.35.